The van der Waals surface area contributed by atoms with E-state index in [1.807, 2.05) is 13.8 Å². The molecule has 32 heavy (non-hydrogen) atoms. The van der Waals surface area contributed by atoms with Crippen LogP contribution in [0.25, 0.3) is 11.0 Å². The monoisotopic (exact) mass is 435 g/mol. The van der Waals surface area contributed by atoms with Gasteiger partial charge in [-0.2, -0.15) is 0 Å². The number of aromatic nitrogens is 2. The fourth-order valence-corrected chi connectivity index (χ4v) is 5.49. The minimum absolute atomic E-state index is 0.0117. The molecule has 3 aliphatic rings. The summed E-state index contributed by atoms with van der Waals surface area (Å²) in [5, 5.41) is 8.04. The van der Waals surface area contributed by atoms with E-state index in [2.05, 4.69) is 20.4 Å². The minimum atomic E-state index is -0.591. The van der Waals surface area contributed by atoms with Crippen LogP contribution in [0.2, 0.25) is 0 Å². The van der Waals surface area contributed by atoms with Gasteiger partial charge >= 0.3 is 5.91 Å². The molecule has 2 aliphatic heterocycles. The van der Waals surface area contributed by atoms with E-state index in [1.165, 1.54) is 12.4 Å². The molecule has 0 bridgehead atoms. The van der Waals surface area contributed by atoms with Crippen molar-refractivity contribution in [1.29, 1.82) is 0 Å². The first-order valence-corrected chi connectivity index (χ1v) is 11.0. The van der Waals surface area contributed by atoms with Gasteiger partial charge in [0.2, 0.25) is 11.5 Å². The molecule has 1 saturated heterocycles. The summed E-state index contributed by atoms with van der Waals surface area (Å²) < 4.78 is -0.376. The molecule has 1 spiro atoms. The highest BCUT2D eigenvalue weighted by molar-refractivity contribution is 6.08. The van der Waals surface area contributed by atoms with Crippen LogP contribution >= 0.6 is 0 Å². The van der Waals surface area contributed by atoms with Crippen molar-refractivity contribution in [2.45, 2.75) is 45.6 Å². The third-order valence-electron chi connectivity index (χ3n) is 7.15. The molecular formula is C23H27N6O3+. The lowest BCUT2D eigenvalue weighted by Crippen LogP contribution is -2.54. The highest BCUT2D eigenvalue weighted by atomic mass is 16.2. The fourth-order valence-electron chi connectivity index (χ4n) is 5.49. The summed E-state index contributed by atoms with van der Waals surface area (Å²) in [6.45, 7) is 5.62. The van der Waals surface area contributed by atoms with Gasteiger partial charge < -0.3 is 16.0 Å². The number of nitrogens with zero attached hydrogens (tertiary/aromatic N) is 3. The number of allylic oxidation sites excluding steroid dienone is 2. The largest absolute Gasteiger partial charge is 0.379 e. The summed E-state index contributed by atoms with van der Waals surface area (Å²) in [4.78, 5) is 46.2. The zero-order valence-corrected chi connectivity index (χ0v) is 18.3. The maximum atomic E-state index is 13.9. The van der Waals surface area contributed by atoms with Crippen LogP contribution in [0, 0.1) is 5.41 Å². The number of piperidine rings is 1. The van der Waals surface area contributed by atoms with Gasteiger partial charge in [0.25, 0.3) is 5.91 Å². The number of hydrogen-bond acceptors (Lipinski definition) is 6. The Bertz CT molecular complexity index is 1220. The Hall–Kier alpha value is -3.17. The zero-order valence-electron chi connectivity index (χ0n) is 18.3. The van der Waals surface area contributed by atoms with E-state index in [1.54, 1.807) is 12.3 Å². The van der Waals surface area contributed by atoms with Crippen LogP contribution < -0.4 is 11.1 Å². The van der Waals surface area contributed by atoms with Gasteiger partial charge in [-0.15, -0.1) is 0 Å². The Morgan fingerprint density at radius 2 is 1.97 bits per heavy atom. The van der Waals surface area contributed by atoms with Gasteiger partial charge in [0, 0.05) is 24.4 Å². The lowest BCUT2D eigenvalue weighted by Gasteiger charge is -2.41. The van der Waals surface area contributed by atoms with Crippen LogP contribution in [0.15, 0.2) is 34.8 Å². The Morgan fingerprint density at radius 1 is 1.22 bits per heavy atom. The molecule has 0 radical (unpaired) electrons. The number of primary amides is 1. The molecule has 1 unspecified atom stereocenters. The van der Waals surface area contributed by atoms with Crippen LogP contribution in [0.5, 0.6) is 0 Å². The number of ketones is 1. The second-order valence-electron chi connectivity index (χ2n) is 9.42. The van der Waals surface area contributed by atoms with Crippen LogP contribution in [0.3, 0.4) is 0 Å². The van der Waals surface area contributed by atoms with Gasteiger partial charge in [-0.25, -0.2) is 4.79 Å². The van der Waals surface area contributed by atoms with Gasteiger partial charge in [-0.05, 0) is 57.7 Å². The number of carbonyl (C=O) groups is 3. The maximum absolute atomic E-state index is 13.9. The molecule has 9 heteroatoms. The first kappa shape index (κ1) is 20.7. The van der Waals surface area contributed by atoms with Gasteiger partial charge in [-0.3, -0.25) is 14.6 Å². The molecular weight excluding hydrogens is 408 g/mol. The third kappa shape index (κ3) is 2.88. The molecule has 2 aromatic heterocycles. The molecule has 0 saturated carbocycles. The fraction of sp³-hybridized carbons (Fsp3) is 0.435. The maximum Gasteiger partial charge on any atom is 0.379 e. The van der Waals surface area contributed by atoms with E-state index in [9.17, 15) is 14.4 Å². The number of amides is 2. The number of H-pyrrole nitrogens is 1. The van der Waals surface area contributed by atoms with Crippen molar-refractivity contribution >= 4 is 34.8 Å². The summed E-state index contributed by atoms with van der Waals surface area (Å²) in [5.74, 6) is -0.884. The average Bonchev–Trinajstić information content (AvgIpc) is 3.35. The van der Waals surface area contributed by atoms with Gasteiger partial charge in [-0.1, -0.05) is 9.69 Å². The Labute approximate surface area is 185 Å². The molecule has 2 amide bonds. The van der Waals surface area contributed by atoms with Crippen molar-refractivity contribution in [2.75, 3.05) is 13.1 Å². The number of nitrogens with two attached hydrogens (primary N) is 1. The first-order valence-electron chi connectivity index (χ1n) is 11.0. The number of hydrogen-bond donors (Lipinski definition) is 3. The third-order valence-corrected chi connectivity index (χ3v) is 7.15. The standard InChI is InChI=1S/C23H26N6O3/c1-13(2)29(22(32)14-7-17-19(27-10-14)16(12-26-17)21(24)31)20-15(11-28-29)8-23(9-18(20)30)3-5-25-6-4-23/h7,10-13,25H,3-6,8-9H2,1-2H3,(H2-,24,26,27,31,32)/p+1. The minimum Gasteiger partial charge on any atom is -0.365 e. The Morgan fingerprint density at radius 3 is 2.66 bits per heavy atom. The number of pyridine rings is 1. The van der Waals surface area contributed by atoms with Crippen molar-refractivity contribution in [3.63, 3.8) is 0 Å². The SMILES string of the molecule is CC(C)[N+]1(C(=O)c2cnc3c(C(N)=O)c[nH]c3c2)N=CC2=C1C(=O)CC1(CCNCC1)C2. The molecule has 0 aromatic carbocycles. The lowest BCUT2D eigenvalue weighted by atomic mass is 9.67. The van der Waals surface area contributed by atoms with Crippen LogP contribution in [-0.4, -0.2) is 57.5 Å². The van der Waals surface area contributed by atoms with Crippen molar-refractivity contribution < 1.29 is 19.0 Å². The van der Waals surface area contributed by atoms with Crippen LogP contribution in [0.1, 0.15) is 60.2 Å². The second kappa shape index (κ2) is 7.18. The molecule has 9 nitrogen and oxygen atoms in total. The Balaban J connectivity index is 1.57. The van der Waals surface area contributed by atoms with E-state index in [0.29, 0.717) is 28.7 Å². The first-order chi connectivity index (χ1) is 15.3. The zero-order chi connectivity index (χ0) is 22.7. The summed E-state index contributed by atoms with van der Waals surface area (Å²) >= 11 is 0. The normalized spacial score (nSPS) is 24.5. The van der Waals surface area contributed by atoms with Crippen molar-refractivity contribution in [3.05, 3.63) is 40.9 Å². The van der Waals surface area contributed by atoms with Crippen molar-refractivity contribution in [3.8, 4) is 0 Å². The van der Waals surface area contributed by atoms with Gasteiger partial charge in [0.05, 0.1) is 17.3 Å². The van der Waals surface area contributed by atoms with Gasteiger partial charge in [0.1, 0.15) is 17.1 Å². The molecule has 1 atom stereocenters. The average molecular weight is 436 g/mol. The van der Waals surface area contributed by atoms with Crippen molar-refractivity contribution in [1.82, 2.24) is 15.3 Å². The molecule has 2 aromatic rings. The van der Waals surface area contributed by atoms with E-state index >= 15 is 0 Å². The molecule has 4 N–H and O–H groups in total. The summed E-state index contributed by atoms with van der Waals surface area (Å²) in [6, 6.07) is 1.38. The number of quaternary nitrogens is 1. The topological polar surface area (TPSA) is 130 Å². The second-order valence-corrected chi connectivity index (χ2v) is 9.42. The highest BCUT2D eigenvalue weighted by Crippen LogP contribution is 2.48. The van der Waals surface area contributed by atoms with Gasteiger partial charge in [0.15, 0.2) is 0 Å². The molecule has 5 rings (SSSR count). The molecule has 4 heterocycles. The number of nitrogens with one attached hydrogen (secondary N) is 2. The smallest absolute Gasteiger partial charge is 0.365 e. The van der Waals surface area contributed by atoms with E-state index in [4.69, 9.17) is 5.73 Å². The molecule has 1 fully saturated rings. The number of fused-ring (bicyclic) bond motifs is 1. The predicted octanol–water partition coefficient (Wildman–Crippen LogP) is 2.01. The van der Waals surface area contributed by atoms with E-state index < -0.39 is 5.91 Å². The van der Waals surface area contributed by atoms with Crippen LogP contribution in [0.4, 0.5) is 0 Å². The lowest BCUT2D eigenvalue weighted by molar-refractivity contribution is -0.833. The number of carbonyl (C=O) groups excluding carboxylic acids is 3. The number of aromatic amines is 1. The molecule has 1 aliphatic carbocycles. The van der Waals surface area contributed by atoms with Crippen molar-refractivity contribution in [2.24, 2.45) is 16.3 Å². The Kier molecular flexibility index (Phi) is 4.65. The number of Topliss-reactive ketones (excluding diaryl/α,β-unsaturated/α-hetero) is 1. The number of rotatable bonds is 3. The summed E-state index contributed by atoms with van der Waals surface area (Å²) in [5.41, 5.74) is 8.28. The quantitative estimate of drug-likeness (QED) is 0.635. The molecule has 166 valence electrons. The highest BCUT2D eigenvalue weighted by Gasteiger charge is 2.57. The van der Waals surface area contributed by atoms with E-state index in [-0.39, 0.29) is 33.3 Å². The summed E-state index contributed by atoms with van der Waals surface area (Å²) in [6.07, 6.45) is 7.78. The van der Waals surface area contributed by atoms with Crippen LogP contribution in [-0.2, 0) is 4.79 Å². The summed E-state index contributed by atoms with van der Waals surface area (Å²) in [7, 11) is 0. The van der Waals surface area contributed by atoms with E-state index in [0.717, 1.165) is 37.9 Å². The predicted molar refractivity (Wildman–Crippen MR) is 119 cm³/mol.